The lowest BCUT2D eigenvalue weighted by Gasteiger charge is -2.30. The Morgan fingerprint density at radius 3 is 2.28 bits per heavy atom. The zero-order valence-electron chi connectivity index (χ0n) is 22.0. The molecule has 0 aliphatic heterocycles. The van der Waals surface area contributed by atoms with Gasteiger partial charge < -0.3 is 10.2 Å². The molecule has 198 valence electrons. The third-order valence-electron chi connectivity index (χ3n) is 6.43. The van der Waals surface area contributed by atoms with Gasteiger partial charge in [-0.2, -0.15) is 0 Å². The summed E-state index contributed by atoms with van der Waals surface area (Å²) in [5.41, 5.74) is 3.13. The number of benzene rings is 2. The SMILES string of the molecule is CC[C@H](C)NC(=O)[C@@H](C)N(Cc1ccc(F)cc1)C(=O)CCCN(c1cccc(C)c1C)S(C)(=O)=O. The van der Waals surface area contributed by atoms with Gasteiger partial charge in [-0.25, -0.2) is 12.8 Å². The zero-order valence-corrected chi connectivity index (χ0v) is 22.9. The Hall–Kier alpha value is -2.94. The van der Waals surface area contributed by atoms with Crippen molar-refractivity contribution < 1.29 is 22.4 Å². The first-order chi connectivity index (χ1) is 16.8. The molecule has 1 N–H and O–H groups in total. The molecule has 2 aromatic carbocycles. The number of carbonyl (C=O) groups is 2. The fourth-order valence-corrected chi connectivity index (χ4v) is 4.84. The minimum Gasteiger partial charge on any atom is -0.352 e. The Kier molecular flexibility index (Phi) is 10.5. The van der Waals surface area contributed by atoms with Crippen LogP contribution in [-0.4, -0.2) is 50.0 Å². The molecule has 0 saturated heterocycles. The number of halogens is 1. The predicted octanol–water partition coefficient (Wildman–Crippen LogP) is 4.32. The molecule has 36 heavy (non-hydrogen) atoms. The van der Waals surface area contributed by atoms with Crippen molar-refractivity contribution in [2.45, 2.75) is 72.5 Å². The molecule has 0 aliphatic carbocycles. The van der Waals surface area contributed by atoms with Crippen LogP contribution in [0, 0.1) is 19.7 Å². The molecule has 9 heteroatoms. The zero-order chi connectivity index (χ0) is 27.0. The van der Waals surface area contributed by atoms with Gasteiger partial charge in [-0.05, 0) is 75.4 Å². The number of hydrogen-bond donors (Lipinski definition) is 1. The second kappa shape index (κ2) is 12.9. The van der Waals surface area contributed by atoms with E-state index in [1.54, 1.807) is 25.1 Å². The largest absolute Gasteiger partial charge is 0.352 e. The number of nitrogens with zero attached hydrogens (tertiary/aromatic N) is 2. The van der Waals surface area contributed by atoms with E-state index in [1.807, 2.05) is 39.8 Å². The van der Waals surface area contributed by atoms with Crippen molar-refractivity contribution in [1.29, 1.82) is 0 Å². The summed E-state index contributed by atoms with van der Waals surface area (Å²) in [7, 11) is -3.57. The molecule has 0 heterocycles. The molecule has 0 unspecified atom stereocenters. The molecule has 7 nitrogen and oxygen atoms in total. The molecule has 2 aromatic rings. The van der Waals surface area contributed by atoms with Crippen LogP contribution in [0.15, 0.2) is 42.5 Å². The van der Waals surface area contributed by atoms with Crippen molar-refractivity contribution >= 4 is 27.5 Å². The molecule has 0 saturated carbocycles. The van der Waals surface area contributed by atoms with E-state index in [9.17, 15) is 22.4 Å². The molecule has 0 bridgehead atoms. The summed E-state index contributed by atoms with van der Waals surface area (Å²) in [4.78, 5) is 27.6. The first kappa shape index (κ1) is 29.3. The Morgan fingerprint density at radius 1 is 1.06 bits per heavy atom. The van der Waals surface area contributed by atoms with E-state index in [4.69, 9.17) is 0 Å². The van der Waals surface area contributed by atoms with E-state index in [-0.39, 0.29) is 49.6 Å². The molecule has 0 aliphatic rings. The molecular weight excluding hydrogens is 481 g/mol. The van der Waals surface area contributed by atoms with E-state index in [2.05, 4.69) is 5.32 Å². The highest BCUT2D eigenvalue weighted by Gasteiger charge is 2.27. The van der Waals surface area contributed by atoms with Crippen LogP contribution in [-0.2, 0) is 26.2 Å². The fourth-order valence-electron chi connectivity index (χ4n) is 3.82. The van der Waals surface area contributed by atoms with Crippen LogP contribution in [0.5, 0.6) is 0 Å². The number of hydrogen-bond acceptors (Lipinski definition) is 4. The van der Waals surface area contributed by atoms with Crippen molar-refractivity contribution in [3.8, 4) is 0 Å². The maximum Gasteiger partial charge on any atom is 0.242 e. The van der Waals surface area contributed by atoms with Gasteiger partial charge in [0.15, 0.2) is 0 Å². The quantitative estimate of drug-likeness (QED) is 0.453. The van der Waals surface area contributed by atoms with Crippen molar-refractivity contribution in [3.05, 3.63) is 65.0 Å². The molecule has 0 aromatic heterocycles. The molecule has 2 rings (SSSR count). The average Bonchev–Trinajstić information content (AvgIpc) is 2.82. The van der Waals surface area contributed by atoms with E-state index in [0.717, 1.165) is 23.8 Å². The van der Waals surface area contributed by atoms with Gasteiger partial charge in [0.2, 0.25) is 21.8 Å². The highest BCUT2D eigenvalue weighted by Crippen LogP contribution is 2.25. The molecular formula is C27H38FN3O4S. The topological polar surface area (TPSA) is 86.8 Å². The van der Waals surface area contributed by atoms with Crippen molar-refractivity contribution in [3.63, 3.8) is 0 Å². The highest BCUT2D eigenvalue weighted by molar-refractivity contribution is 7.92. The Bertz CT molecular complexity index is 1150. The van der Waals surface area contributed by atoms with Crippen LogP contribution in [0.4, 0.5) is 10.1 Å². The first-order valence-electron chi connectivity index (χ1n) is 12.2. The second-order valence-corrected chi connectivity index (χ2v) is 11.2. The van der Waals surface area contributed by atoms with Gasteiger partial charge in [-0.1, -0.05) is 31.2 Å². The van der Waals surface area contributed by atoms with Crippen LogP contribution < -0.4 is 9.62 Å². The number of aryl methyl sites for hydroxylation is 1. The van der Waals surface area contributed by atoms with E-state index < -0.39 is 16.1 Å². The van der Waals surface area contributed by atoms with Crippen molar-refractivity contribution in [1.82, 2.24) is 10.2 Å². The third kappa shape index (κ3) is 8.05. The summed E-state index contributed by atoms with van der Waals surface area (Å²) in [5, 5.41) is 2.91. The number of carbonyl (C=O) groups excluding carboxylic acids is 2. The smallest absolute Gasteiger partial charge is 0.242 e. The summed E-state index contributed by atoms with van der Waals surface area (Å²) in [6.45, 7) is 9.58. The summed E-state index contributed by atoms with van der Waals surface area (Å²) in [5.74, 6) is -0.931. The van der Waals surface area contributed by atoms with Crippen LogP contribution >= 0.6 is 0 Å². The number of rotatable bonds is 12. The normalized spacial score (nSPS) is 13.1. The van der Waals surface area contributed by atoms with Gasteiger partial charge >= 0.3 is 0 Å². The minimum absolute atomic E-state index is 0.0383. The maximum atomic E-state index is 13.4. The highest BCUT2D eigenvalue weighted by atomic mass is 32.2. The van der Waals surface area contributed by atoms with Gasteiger partial charge in [0.1, 0.15) is 11.9 Å². The summed E-state index contributed by atoms with van der Waals surface area (Å²) < 4.78 is 39.8. The Balaban J connectivity index is 2.20. The van der Waals surface area contributed by atoms with Crippen molar-refractivity contribution in [2.75, 3.05) is 17.1 Å². The van der Waals surface area contributed by atoms with Crippen LogP contribution in [0.2, 0.25) is 0 Å². The third-order valence-corrected chi connectivity index (χ3v) is 7.61. The van der Waals surface area contributed by atoms with Gasteiger partial charge in [0.05, 0.1) is 11.9 Å². The number of anilines is 1. The van der Waals surface area contributed by atoms with Crippen LogP contribution in [0.1, 0.15) is 56.7 Å². The lowest BCUT2D eigenvalue weighted by atomic mass is 10.1. The van der Waals surface area contributed by atoms with Crippen molar-refractivity contribution in [2.24, 2.45) is 0 Å². The van der Waals surface area contributed by atoms with Crippen LogP contribution in [0.3, 0.4) is 0 Å². The average molecular weight is 520 g/mol. The number of nitrogens with one attached hydrogen (secondary N) is 1. The Morgan fingerprint density at radius 2 is 1.69 bits per heavy atom. The molecule has 2 atom stereocenters. The van der Waals surface area contributed by atoms with E-state index in [0.29, 0.717) is 11.3 Å². The molecule has 0 spiro atoms. The predicted molar refractivity (Wildman–Crippen MR) is 142 cm³/mol. The molecule has 0 radical (unpaired) electrons. The first-order valence-corrected chi connectivity index (χ1v) is 14.1. The lowest BCUT2D eigenvalue weighted by molar-refractivity contribution is -0.140. The monoisotopic (exact) mass is 519 g/mol. The molecule has 0 fully saturated rings. The van der Waals surface area contributed by atoms with E-state index >= 15 is 0 Å². The van der Waals surface area contributed by atoms with Crippen LogP contribution in [0.25, 0.3) is 0 Å². The fraction of sp³-hybridized carbons (Fsp3) is 0.481. The molecule has 2 amide bonds. The number of amides is 2. The van der Waals surface area contributed by atoms with Gasteiger partial charge in [0, 0.05) is 25.6 Å². The lowest BCUT2D eigenvalue weighted by Crippen LogP contribution is -2.49. The maximum absolute atomic E-state index is 13.4. The van der Waals surface area contributed by atoms with Gasteiger partial charge in [-0.15, -0.1) is 0 Å². The Labute approximate surface area is 214 Å². The van der Waals surface area contributed by atoms with Gasteiger partial charge in [0.25, 0.3) is 0 Å². The second-order valence-electron chi connectivity index (χ2n) is 9.30. The van der Waals surface area contributed by atoms with E-state index in [1.165, 1.54) is 21.3 Å². The summed E-state index contributed by atoms with van der Waals surface area (Å²) >= 11 is 0. The van der Waals surface area contributed by atoms with Gasteiger partial charge in [-0.3, -0.25) is 13.9 Å². The standard InChI is InChI=1S/C27H38FN3O4S/c1-7-20(3)29-27(33)22(5)30(18-23-13-15-24(28)16-14-23)26(32)12-9-17-31(36(6,34)35)25-11-8-10-19(2)21(25)4/h8,10-11,13-16,20,22H,7,9,12,17-18H2,1-6H3,(H,29,33)/t20-,22+/m0/s1. The number of sulfonamides is 1. The summed E-state index contributed by atoms with van der Waals surface area (Å²) in [6.07, 6.45) is 2.24. The minimum atomic E-state index is -3.57. The summed E-state index contributed by atoms with van der Waals surface area (Å²) in [6, 6.07) is 10.5.